The van der Waals surface area contributed by atoms with Gasteiger partial charge < -0.3 is 4.98 Å². The predicted octanol–water partition coefficient (Wildman–Crippen LogP) is 8.90. The van der Waals surface area contributed by atoms with Crippen LogP contribution in [0.3, 0.4) is 0 Å². The van der Waals surface area contributed by atoms with Crippen LogP contribution in [0.5, 0.6) is 0 Å². The summed E-state index contributed by atoms with van der Waals surface area (Å²) >= 11 is 1.80. The first-order chi connectivity index (χ1) is 18.3. The number of rotatable bonds is 1. The highest BCUT2D eigenvalue weighted by atomic mass is 127. The van der Waals surface area contributed by atoms with Crippen molar-refractivity contribution >= 4 is 44.7 Å². The maximum atomic E-state index is 13.7. The molecule has 0 atom stereocenters. The van der Waals surface area contributed by atoms with Crippen molar-refractivity contribution in [1.82, 2.24) is 19.5 Å². The number of hydrogen-bond donors (Lipinski definition) is 1. The van der Waals surface area contributed by atoms with Gasteiger partial charge in [-0.05, 0) is 71.1 Å². The van der Waals surface area contributed by atoms with Crippen molar-refractivity contribution in [2.45, 2.75) is 7.43 Å². The van der Waals surface area contributed by atoms with Gasteiger partial charge in [0.2, 0.25) is 0 Å². The molecule has 2 aromatic heterocycles. The zero-order valence-corrected chi connectivity index (χ0v) is 21.2. The number of nitrogens with one attached hydrogen (secondary N) is 1. The SMILES string of the molecule is C.Fc1ccc(-n2cnc3ccccc32)c(F)c1.Fc1ccc(I)c(F)c1.[2HH].[2H]CF.c1ccc2[nH]cnc2c1. The number of benzene rings is 4. The van der Waals surface area contributed by atoms with Crippen LogP contribution in [0.2, 0.25) is 0 Å². The summed E-state index contributed by atoms with van der Waals surface area (Å²) < 4.78 is 68.5. The molecule has 10 heteroatoms. The Morgan fingerprint density at radius 1 is 0.816 bits per heavy atom. The summed E-state index contributed by atoms with van der Waals surface area (Å²) in [6.07, 6.45) is 3.23. The Hall–Kier alpha value is -3.80. The summed E-state index contributed by atoms with van der Waals surface area (Å²) in [7, 11) is -1.00. The molecule has 4 aromatic carbocycles. The third kappa shape index (κ3) is 7.85. The molecular formula is C28H26F5IN4. The minimum absolute atomic E-state index is 0. The van der Waals surface area contributed by atoms with Gasteiger partial charge in [-0.3, -0.25) is 8.96 Å². The van der Waals surface area contributed by atoms with E-state index in [1.54, 1.807) is 33.5 Å². The summed E-state index contributed by atoms with van der Waals surface area (Å²) in [5, 5.41) is 0. The van der Waals surface area contributed by atoms with Crippen molar-refractivity contribution in [2.75, 3.05) is 7.15 Å². The molecule has 0 spiro atoms. The molecule has 0 amide bonds. The normalized spacial score (nSPS) is 10.1. The van der Waals surface area contributed by atoms with E-state index in [-0.39, 0.29) is 8.85 Å². The molecule has 0 bridgehead atoms. The van der Waals surface area contributed by atoms with E-state index in [9.17, 15) is 22.0 Å². The fraction of sp³-hybridized carbons (Fsp3) is 0.0714. The standard InChI is InChI=1S/C13H8F2N2.C7H6N2.C6H3F2I.CH3F.CH4.H2/c14-9-5-6-12(10(15)7-9)17-8-16-11-3-1-2-4-13(11)17;1-2-4-7-6(3-1)8-5-9-7;7-4-1-2-6(9)5(8)3-4;1-2;;/h1-8H;1-5H,(H,8,9);1-3H;1H3;1H4;1H/i;;;1D;;1+1. The number of para-hydroxylation sites is 4. The third-order valence-electron chi connectivity index (χ3n) is 4.83. The molecule has 0 saturated carbocycles. The second-order valence-corrected chi connectivity index (χ2v) is 8.34. The van der Waals surface area contributed by atoms with E-state index in [1.165, 1.54) is 30.6 Å². The zero-order valence-electron chi connectivity index (χ0n) is 20.1. The molecule has 2 heterocycles. The fourth-order valence-corrected chi connectivity index (χ4v) is 3.51. The van der Waals surface area contributed by atoms with E-state index in [0.29, 0.717) is 9.26 Å². The summed E-state index contributed by atoms with van der Waals surface area (Å²) in [6, 6.07) is 22.3. The Morgan fingerprint density at radius 3 is 2.05 bits per heavy atom. The first kappa shape index (κ1) is 28.8. The Labute approximate surface area is 233 Å². The van der Waals surface area contributed by atoms with Crippen molar-refractivity contribution < 1.29 is 24.7 Å². The number of halogens is 6. The van der Waals surface area contributed by atoms with Crippen molar-refractivity contribution in [1.29, 1.82) is 0 Å². The number of fused-ring (bicyclic) bond motifs is 2. The number of aromatic nitrogens is 4. The quantitative estimate of drug-likeness (QED) is 0.111. The van der Waals surface area contributed by atoms with Crippen LogP contribution in [0.15, 0.2) is 97.6 Å². The molecule has 0 fully saturated rings. The van der Waals surface area contributed by atoms with Crippen LogP contribution in [-0.2, 0) is 0 Å². The van der Waals surface area contributed by atoms with Crippen LogP contribution in [0.1, 0.15) is 10.2 Å². The van der Waals surface area contributed by atoms with Gasteiger partial charge in [-0.2, -0.15) is 0 Å². The van der Waals surface area contributed by atoms with Crippen LogP contribution in [-0.4, -0.2) is 26.7 Å². The van der Waals surface area contributed by atoms with Gasteiger partial charge >= 0.3 is 0 Å². The first-order valence-electron chi connectivity index (χ1n) is 11.3. The van der Waals surface area contributed by atoms with Crippen LogP contribution in [0, 0.1) is 26.8 Å². The number of hydrogen-bond acceptors (Lipinski definition) is 2. The van der Waals surface area contributed by atoms with E-state index < -0.39 is 30.4 Å². The minimum Gasteiger partial charge on any atom is -0.345 e. The summed E-state index contributed by atoms with van der Waals surface area (Å²) in [4.78, 5) is 11.2. The number of imidazole rings is 2. The molecule has 0 saturated heterocycles. The highest BCUT2D eigenvalue weighted by molar-refractivity contribution is 14.1. The zero-order chi connectivity index (χ0) is 27.5. The molecule has 0 aliphatic carbocycles. The Bertz CT molecular complexity index is 1580. The summed E-state index contributed by atoms with van der Waals surface area (Å²) in [5.74, 6) is -2.23. The average molecular weight is 642 g/mol. The van der Waals surface area contributed by atoms with Gasteiger partial charge in [-0.15, -0.1) is 0 Å². The van der Waals surface area contributed by atoms with Gasteiger partial charge in [0, 0.05) is 17.1 Å². The van der Waals surface area contributed by atoms with E-state index in [1.807, 2.05) is 48.5 Å². The molecule has 4 nitrogen and oxygen atoms in total. The largest absolute Gasteiger partial charge is 0.345 e. The van der Waals surface area contributed by atoms with E-state index in [4.69, 9.17) is 1.37 Å². The maximum Gasteiger partial charge on any atom is 0.150 e. The Kier molecular flexibility index (Phi) is 11.2. The smallest absolute Gasteiger partial charge is 0.150 e. The van der Waals surface area contributed by atoms with Crippen LogP contribution in [0.4, 0.5) is 22.0 Å². The highest BCUT2D eigenvalue weighted by Gasteiger charge is 2.09. The molecule has 0 radical (unpaired) electrons. The Balaban J connectivity index is 0.000000299. The lowest BCUT2D eigenvalue weighted by Crippen LogP contribution is -1.96. The van der Waals surface area contributed by atoms with E-state index in [2.05, 4.69) is 15.0 Å². The molecule has 6 rings (SSSR count). The van der Waals surface area contributed by atoms with Gasteiger partial charge in [-0.1, -0.05) is 31.7 Å². The van der Waals surface area contributed by atoms with Crippen LogP contribution >= 0.6 is 22.6 Å². The molecule has 0 unspecified atom stereocenters. The topological polar surface area (TPSA) is 46.5 Å². The van der Waals surface area contributed by atoms with Crippen molar-refractivity contribution in [3.63, 3.8) is 0 Å². The van der Waals surface area contributed by atoms with Gasteiger partial charge in [-0.25, -0.2) is 27.5 Å². The van der Waals surface area contributed by atoms with E-state index in [0.717, 1.165) is 34.2 Å². The predicted molar refractivity (Wildman–Crippen MR) is 152 cm³/mol. The second-order valence-electron chi connectivity index (χ2n) is 7.18. The first-order valence-corrected chi connectivity index (χ1v) is 11.6. The van der Waals surface area contributed by atoms with E-state index >= 15 is 0 Å². The molecule has 200 valence electrons. The molecular weight excluding hydrogens is 614 g/mol. The molecule has 6 aromatic rings. The Morgan fingerprint density at radius 2 is 1.42 bits per heavy atom. The van der Waals surface area contributed by atoms with Gasteiger partial charge in [0.1, 0.15) is 29.6 Å². The minimum atomic E-state index is -1.00. The van der Waals surface area contributed by atoms with Crippen molar-refractivity contribution in [2.24, 2.45) is 0 Å². The maximum absolute atomic E-state index is 13.7. The number of nitrogens with zero attached hydrogens (tertiary/aromatic N) is 3. The summed E-state index contributed by atoms with van der Waals surface area (Å²) in [6.45, 7) is 0. The number of aromatic amines is 1. The molecule has 1 N–H and O–H groups in total. The number of H-pyrrole nitrogens is 1. The van der Waals surface area contributed by atoms with Crippen LogP contribution < -0.4 is 0 Å². The average Bonchev–Trinajstić information content (AvgIpc) is 3.55. The lowest BCUT2D eigenvalue weighted by atomic mass is 10.2. The fourth-order valence-electron chi connectivity index (χ4n) is 3.18. The number of alkyl halides is 1. The third-order valence-corrected chi connectivity index (χ3v) is 5.71. The second kappa shape index (κ2) is 14.8. The lowest BCUT2D eigenvalue weighted by molar-refractivity contribution is 0.577. The lowest BCUT2D eigenvalue weighted by Gasteiger charge is -2.05. The monoisotopic (exact) mass is 642 g/mol. The molecule has 0 aliphatic heterocycles. The molecule has 0 aliphatic rings. The highest BCUT2D eigenvalue weighted by Crippen LogP contribution is 2.20. The van der Waals surface area contributed by atoms with Crippen molar-refractivity contribution in [3.05, 3.63) is 124 Å². The van der Waals surface area contributed by atoms with Crippen molar-refractivity contribution in [3.8, 4) is 5.69 Å². The van der Waals surface area contributed by atoms with Gasteiger partial charge in [0.15, 0.2) is 0 Å². The van der Waals surface area contributed by atoms with Gasteiger partial charge in [0.05, 0.1) is 42.6 Å². The summed E-state index contributed by atoms with van der Waals surface area (Å²) in [5.41, 5.74) is 3.98. The molecule has 38 heavy (non-hydrogen) atoms. The van der Waals surface area contributed by atoms with Crippen LogP contribution in [0.25, 0.3) is 27.8 Å². The van der Waals surface area contributed by atoms with Gasteiger partial charge in [0.25, 0.3) is 0 Å².